The molecule has 0 bridgehead atoms. The van der Waals surface area contributed by atoms with E-state index in [9.17, 15) is 8.78 Å². The summed E-state index contributed by atoms with van der Waals surface area (Å²) >= 11 is 0. The minimum atomic E-state index is -0.635. The summed E-state index contributed by atoms with van der Waals surface area (Å²) < 4.78 is 31.8. The maximum absolute atomic E-state index is 15.0. The molecule has 204 valence electrons. The van der Waals surface area contributed by atoms with Gasteiger partial charge < -0.3 is 15.2 Å². The number of pyridine rings is 1. The molecule has 4 aromatic rings. The third-order valence-electron chi connectivity index (χ3n) is 8.32. The molecule has 2 aliphatic heterocycles. The summed E-state index contributed by atoms with van der Waals surface area (Å²) in [4.78, 5) is 19.9. The molecule has 2 atom stereocenters. The molecule has 1 unspecified atom stereocenters. The summed E-state index contributed by atoms with van der Waals surface area (Å²) in [6.07, 6.45) is 5.44. The normalized spacial score (nSPS) is 20.5. The van der Waals surface area contributed by atoms with Crippen LogP contribution in [-0.4, -0.2) is 55.6 Å². The van der Waals surface area contributed by atoms with Crippen molar-refractivity contribution in [1.82, 2.24) is 34.7 Å². The van der Waals surface area contributed by atoms with E-state index in [1.807, 2.05) is 37.6 Å². The number of rotatable bonds is 6. The molecular weight excluding hydrogens is 498 g/mol. The van der Waals surface area contributed by atoms with Crippen LogP contribution in [0, 0.1) is 24.0 Å². The van der Waals surface area contributed by atoms with E-state index in [1.165, 1.54) is 18.9 Å². The number of hydrogen-bond donors (Lipinski definition) is 2. The molecule has 0 amide bonds. The Hall–Kier alpha value is -3.50. The Morgan fingerprint density at radius 1 is 1.03 bits per heavy atom. The largest absolute Gasteiger partial charge is 0.326 e. The number of aromatic nitrogens is 5. The van der Waals surface area contributed by atoms with Gasteiger partial charge in [-0.05, 0) is 82.8 Å². The number of nitrogens with one attached hydrogen (secondary N) is 2. The van der Waals surface area contributed by atoms with Crippen LogP contribution in [0.3, 0.4) is 0 Å². The Morgan fingerprint density at radius 2 is 1.87 bits per heavy atom. The lowest BCUT2D eigenvalue weighted by Gasteiger charge is -2.27. The Labute approximate surface area is 226 Å². The van der Waals surface area contributed by atoms with Crippen molar-refractivity contribution in [3.8, 4) is 11.3 Å². The monoisotopic (exact) mass is 532 g/mol. The molecule has 1 spiro atoms. The summed E-state index contributed by atoms with van der Waals surface area (Å²) in [6, 6.07) is 7.28. The van der Waals surface area contributed by atoms with Crippen molar-refractivity contribution < 1.29 is 8.78 Å². The van der Waals surface area contributed by atoms with Gasteiger partial charge in [0.2, 0.25) is 5.95 Å². The predicted molar refractivity (Wildman–Crippen MR) is 148 cm³/mol. The first kappa shape index (κ1) is 25.8. The molecule has 6 rings (SSSR count). The number of fused-ring (bicyclic) bond motifs is 1. The maximum Gasteiger partial charge on any atom is 0.229 e. The van der Waals surface area contributed by atoms with E-state index in [0.29, 0.717) is 28.1 Å². The molecule has 0 aliphatic carbocycles. The zero-order valence-electron chi connectivity index (χ0n) is 22.8. The van der Waals surface area contributed by atoms with Gasteiger partial charge >= 0.3 is 0 Å². The van der Waals surface area contributed by atoms with Gasteiger partial charge in [-0.15, -0.1) is 0 Å². The topological polar surface area (TPSA) is 83.8 Å². The summed E-state index contributed by atoms with van der Waals surface area (Å²) in [5.74, 6) is 0.285. The number of imidazole rings is 1. The highest BCUT2D eigenvalue weighted by Gasteiger charge is 2.41. The minimum absolute atomic E-state index is 0.0112. The van der Waals surface area contributed by atoms with E-state index < -0.39 is 11.6 Å². The molecule has 2 N–H and O–H groups in total. The quantitative estimate of drug-likeness (QED) is 0.337. The first-order valence-corrected chi connectivity index (χ1v) is 13.6. The zero-order chi connectivity index (χ0) is 27.3. The van der Waals surface area contributed by atoms with E-state index in [2.05, 4.69) is 48.5 Å². The van der Waals surface area contributed by atoms with Crippen LogP contribution in [0.5, 0.6) is 0 Å². The van der Waals surface area contributed by atoms with Gasteiger partial charge in [0.1, 0.15) is 22.9 Å². The summed E-state index contributed by atoms with van der Waals surface area (Å²) in [5.41, 5.74) is 2.76. The van der Waals surface area contributed by atoms with Crippen molar-refractivity contribution in [2.45, 2.75) is 52.6 Å². The third-order valence-corrected chi connectivity index (χ3v) is 8.32. The van der Waals surface area contributed by atoms with Gasteiger partial charge in [-0.1, -0.05) is 6.07 Å². The molecule has 2 saturated heterocycles. The molecular formula is C29H34F2N8. The lowest BCUT2D eigenvalue weighted by Crippen LogP contribution is -2.30. The fourth-order valence-electron chi connectivity index (χ4n) is 6.18. The Kier molecular flexibility index (Phi) is 6.55. The zero-order valence-corrected chi connectivity index (χ0v) is 22.8. The van der Waals surface area contributed by atoms with Gasteiger partial charge in [0.15, 0.2) is 11.6 Å². The SMILES string of the molecule is Cc1nc2c(F)cc(-c3nc(Nc4ccc([C@H](C)N5CCC6(CCNC6)C5)cn4)ncc3F)cc2n1C(C)C. The number of nitrogens with zero attached hydrogens (tertiary/aromatic N) is 6. The lowest BCUT2D eigenvalue weighted by molar-refractivity contribution is 0.223. The van der Waals surface area contributed by atoms with Crippen LogP contribution in [0.1, 0.15) is 57.1 Å². The van der Waals surface area contributed by atoms with Crippen LogP contribution in [0.15, 0.2) is 36.7 Å². The summed E-state index contributed by atoms with van der Waals surface area (Å²) in [5, 5.41) is 6.58. The molecule has 0 saturated carbocycles. The maximum atomic E-state index is 15.0. The standard InChI is InChI=1S/C29H34F2N8/c1-17(2)39-19(4)35-27-22(30)11-21(12-24(27)39)26-23(31)14-34-28(37-26)36-25-6-5-20(13-33-25)18(3)38-10-8-29(16-38)7-9-32-15-29/h5-6,11-14,17-18,32H,7-10,15-16H2,1-4H3,(H,33,34,36,37)/t18-,29?/m0/s1. The molecule has 10 heteroatoms. The number of likely N-dealkylation sites (tertiary alicyclic amines) is 1. The molecule has 8 nitrogen and oxygen atoms in total. The first-order chi connectivity index (χ1) is 18.7. The Morgan fingerprint density at radius 3 is 2.59 bits per heavy atom. The number of hydrogen-bond acceptors (Lipinski definition) is 7. The van der Waals surface area contributed by atoms with Gasteiger partial charge in [0.25, 0.3) is 0 Å². The predicted octanol–water partition coefficient (Wildman–Crippen LogP) is 5.55. The second-order valence-corrected chi connectivity index (χ2v) is 11.3. The van der Waals surface area contributed by atoms with Crippen LogP contribution in [0.4, 0.5) is 20.5 Å². The van der Waals surface area contributed by atoms with E-state index in [0.717, 1.165) is 37.9 Å². The van der Waals surface area contributed by atoms with E-state index in [-0.39, 0.29) is 29.2 Å². The summed E-state index contributed by atoms with van der Waals surface area (Å²) in [7, 11) is 0. The fourth-order valence-corrected chi connectivity index (χ4v) is 6.18. The molecule has 1 aromatic carbocycles. The van der Waals surface area contributed by atoms with Crippen LogP contribution in [-0.2, 0) is 0 Å². The summed E-state index contributed by atoms with van der Waals surface area (Å²) in [6.45, 7) is 12.5. The first-order valence-electron chi connectivity index (χ1n) is 13.6. The molecule has 5 heterocycles. The average Bonchev–Trinajstić information content (AvgIpc) is 3.64. The highest BCUT2D eigenvalue weighted by Crippen LogP contribution is 2.39. The number of anilines is 2. The Balaban J connectivity index is 1.22. The molecule has 0 radical (unpaired) electrons. The third kappa shape index (κ3) is 4.76. The van der Waals surface area contributed by atoms with Crippen LogP contribution >= 0.6 is 0 Å². The van der Waals surface area contributed by atoms with Crippen LogP contribution < -0.4 is 10.6 Å². The number of benzene rings is 1. The molecule has 2 fully saturated rings. The van der Waals surface area contributed by atoms with E-state index in [4.69, 9.17) is 0 Å². The second-order valence-electron chi connectivity index (χ2n) is 11.3. The van der Waals surface area contributed by atoms with Crippen molar-refractivity contribution in [3.05, 3.63) is 59.7 Å². The smallest absolute Gasteiger partial charge is 0.229 e. The van der Waals surface area contributed by atoms with E-state index >= 15 is 0 Å². The average molecular weight is 533 g/mol. The molecule has 3 aromatic heterocycles. The van der Waals surface area contributed by atoms with Crippen molar-refractivity contribution in [1.29, 1.82) is 0 Å². The fraction of sp³-hybridized carbons (Fsp3) is 0.448. The van der Waals surface area contributed by atoms with Gasteiger partial charge in [0.05, 0.1) is 11.7 Å². The molecule has 39 heavy (non-hydrogen) atoms. The number of aryl methyl sites for hydroxylation is 1. The van der Waals surface area contributed by atoms with Crippen molar-refractivity contribution >= 4 is 22.8 Å². The highest BCUT2D eigenvalue weighted by atomic mass is 19.1. The van der Waals surface area contributed by atoms with Crippen molar-refractivity contribution in [2.24, 2.45) is 5.41 Å². The Bertz CT molecular complexity index is 1510. The van der Waals surface area contributed by atoms with Gasteiger partial charge in [-0.2, -0.15) is 0 Å². The highest BCUT2D eigenvalue weighted by molar-refractivity contribution is 5.83. The minimum Gasteiger partial charge on any atom is -0.326 e. The van der Waals surface area contributed by atoms with Crippen LogP contribution in [0.2, 0.25) is 0 Å². The van der Waals surface area contributed by atoms with E-state index in [1.54, 1.807) is 6.07 Å². The second kappa shape index (κ2) is 9.91. The van der Waals surface area contributed by atoms with Crippen molar-refractivity contribution in [2.75, 3.05) is 31.5 Å². The lowest BCUT2D eigenvalue weighted by atomic mass is 9.86. The van der Waals surface area contributed by atoms with Gasteiger partial charge in [-0.3, -0.25) is 4.90 Å². The molecule has 2 aliphatic rings. The number of halogens is 2. The van der Waals surface area contributed by atoms with Crippen molar-refractivity contribution in [3.63, 3.8) is 0 Å². The van der Waals surface area contributed by atoms with Gasteiger partial charge in [-0.25, -0.2) is 28.7 Å². The van der Waals surface area contributed by atoms with Crippen LogP contribution in [0.25, 0.3) is 22.3 Å². The van der Waals surface area contributed by atoms with Gasteiger partial charge in [0, 0.05) is 36.9 Å².